The summed E-state index contributed by atoms with van der Waals surface area (Å²) in [5.41, 5.74) is 32.2. The molecule has 4 aliphatic heterocycles. The lowest BCUT2D eigenvalue weighted by atomic mass is 9.31. The third-order valence-corrected chi connectivity index (χ3v) is 21.7. The number of ether oxygens (including phenoxy) is 2. The van der Waals surface area contributed by atoms with Crippen LogP contribution in [0.2, 0.25) is 0 Å². The number of nitrogens with zero attached hydrogens (tertiary/aromatic N) is 2. The van der Waals surface area contributed by atoms with Gasteiger partial charge in [-0.25, -0.2) is 0 Å². The van der Waals surface area contributed by atoms with E-state index in [-0.39, 0.29) is 13.4 Å². The van der Waals surface area contributed by atoms with Gasteiger partial charge in [-0.05, 0) is 191 Å². The topological polar surface area (TPSA) is 28.3 Å². The Balaban J connectivity index is 0.979. The number of hydrogen-bond donors (Lipinski definition) is 0. The van der Waals surface area contributed by atoms with Crippen molar-refractivity contribution in [2.45, 2.75) is 104 Å². The molecule has 6 heteroatoms. The van der Waals surface area contributed by atoms with Crippen molar-refractivity contribution in [1.29, 1.82) is 0 Å². The first-order valence-electron chi connectivity index (χ1n) is 32.6. The molecule has 2 fully saturated rings. The Morgan fingerprint density at radius 2 is 0.659 bits per heavy atom. The van der Waals surface area contributed by atoms with Gasteiger partial charge in [0, 0.05) is 43.5 Å². The van der Waals surface area contributed by atoms with Crippen LogP contribution in [-0.4, -0.2) is 22.6 Å². The molecule has 11 aromatic carbocycles. The molecule has 0 amide bonds. The molecule has 6 heterocycles. The molecule has 2 aliphatic carbocycles. The van der Waals surface area contributed by atoms with Crippen molar-refractivity contribution in [3.63, 3.8) is 0 Å². The first kappa shape index (κ1) is 50.9. The molecule has 0 N–H and O–H groups in total. The summed E-state index contributed by atoms with van der Waals surface area (Å²) < 4.78 is 21.4. The highest BCUT2D eigenvalue weighted by molar-refractivity contribution is 7.02. The van der Waals surface area contributed by atoms with E-state index in [0.29, 0.717) is 11.8 Å². The third kappa shape index (κ3) is 7.47. The molecule has 4 nitrogen and oxygen atoms in total. The average molecular weight is 1130 g/mol. The zero-order valence-corrected chi connectivity index (χ0v) is 50.6. The van der Waals surface area contributed by atoms with Gasteiger partial charge in [-0.1, -0.05) is 206 Å². The maximum Gasteiger partial charge on any atom is 0.256 e. The van der Waals surface area contributed by atoms with Gasteiger partial charge in [0.1, 0.15) is 23.0 Å². The molecule has 0 radical (unpaired) electrons. The maximum absolute atomic E-state index is 8.04. The molecule has 6 aliphatic rings. The lowest BCUT2D eigenvalue weighted by Gasteiger charge is -2.41. The van der Waals surface area contributed by atoms with Crippen LogP contribution in [0.5, 0.6) is 23.0 Å². The standard InChI is InChI=1S/C82H66B2N2O2/c1-47-15-23-53(24-16-47)57-31-35-71-63(39-57)65-41-61(55-27-19-49(3)20-28-55)45-69-77(65)85(71)79-75-82(88-73-37-33-59(43-67(73)83(69)75)51-11-7-5-8-12-51)80-76-81(79)87-74-38-34-60(52-13-9-6-10-14-52)44-68(74)84(76)70-46-62(56-29-21-50(4)22-30-56)42-66-64-40-58(54-25-17-48(2)18-26-54)32-36-72(64)86(80)78(66)70/h15-46,51-52H,5-14H2,1-4H3. The van der Waals surface area contributed by atoms with Gasteiger partial charge < -0.3 is 18.6 Å². The Labute approximate surface area is 515 Å². The van der Waals surface area contributed by atoms with Crippen LogP contribution in [0.15, 0.2) is 194 Å². The van der Waals surface area contributed by atoms with Crippen LogP contribution in [0, 0.1) is 27.7 Å². The number of hydrogen-bond acceptors (Lipinski definition) is 2. The van der Waals surface area contributed by atoms with Crippen LogP contribution >= 0.6 is 0 Å². The Kier molecular flexibility index (Phi) is 11.1. The summed E-state index contributed by atoms with van der Waals surface area (Å²) in [4.78, 5) is 0. The monoisotopic (exact) mass is 1130 g/mol. The lowest BCUT2D eigenvalue weighted by molar-refractivity contribution is 0.442. The van der Waals surface area contributed by atoms with Crippen molar-refractivity contribution >= 4 is 89.8 Å². The first-order chi connectivity index (χ1) is 43.2. The predicted octanol–water partition coefficient (Wildman–Crippen LogP) is 17.7. The van der Waals surface area contributed by atoms with E-state index in [1.54, 1.807) is 0 Å². The minimum atomic E-state index is -0.173. The smallest absolute Gasteiger partial charge is 0.256 e. The summed E-state index contributed by atoms with van der Waals surface area (Å²) in [6.45, 7) is 8.39. The molecule has 19 rings (SSSR count). The second kappa shape index (κ2) is 19.1. The zero-order chi connectivity index (χ0) is 58.2. The Hall–Kier alpha value is -9.25. The molecule has 0 spiro atoms. The van der Waals surface area contributed by atoms with E-state index >= 15 is 0 Å². The SMILES string of the molecule is Cc1ccc(-c2ccc3c(c2)c2cc(-c4ccc(C)cc4)cc4c2n3-c2c3c5c(c6c2B4c2cc(C4CCCCC4)ccc2O6)-n2c4ccc(-c6ccc(C)cc6)cc4c4cc(-c6ccc(C)cc6)cc(c42)B5c2cc(C4CCCCC4)ccc2O3)cc1. The van der Waals surface area contributed by atoms with Crippen molar-refractivity contribution in [2.24, 2.45) is 0 Å². The summed E-state index contributed by atoms with van der Waals surface area (Å²) in [5, 5.41) is 4.98. The molecular formula is C82H66B2N2O2. The molecule has 0 unspecified atom stereocenters. The third-order valence-electron chi connectivity index (χ3n) is 21.7. The van der Waals surface area contributed by atoms with E-state index in [4.69, 9.17) is 9.47 Å². The number of fused-ring (bicyclic) bond motifs is 16. The van der Waals surface area contributed by atoms with Gasteiger partial charge in [-0.2, -0.15) is 0 Å². The van der Waals surface area contributed by atoms with Crippen molar-refractivity contribution in [2.75, 3.05) is 0 Å². The minimum Gasteiger partial charge on any atom is -0.456 e. The average Bonchev–Trinajstić information content (AvgIpc) is 1.29. The summed E-state index contributed by atoms with van der Waals surface area (Å²) in [6.07, 6.45) is 12.6. The van der Waals surface area contributed by atoms with E-state index in [1.807, 2.05) is 0 Å². The molecule has 2 saturated carbocycles. The fourth-order valence-electron chi connectivity index (χ4n) is 17.2. The Morgan fingerprint density at radius 3 is 1.03 bits per heavy atom. The molecular weight excluding hydrogens is 1070 g/mol. The van der Waals surface area contributed by atoms with Gasteiger partial charge in [0.05, 0.1) is 22.4 Å². The molecule has 0 saturated heterocycles. The number of rotatable bonds is 6. The van der Waals surface area contributed by atoms with Gasteiger partial charge >= 0.3 is 0 Å². The Bertz CT molecular complexity index is 4810. The molecule has 422 valence electrons. The first-order valence-corrected chi connectivity index (χ1v) is 32.6. The van der Waals surface area contributed by atoms with Crippen molar-refractivity contribution in [1.82, 2.24) is 9.13 Å². The summed E-state index contributed by atoms with van der Waals surface area (Å²) >= 11 is 0. The van der Waals surface area contributed by atoms with Gasteiger partial charge in [0.25, 0.3) is 13.4 Å². The van der Waals surface area contributed by atoms with E-state index in [0.717, 1.165) is 34.4 Å². The number of aryl methyl sites for hydroxylation is 4. The summed E-state index contributed by atoms with van der Waals surface area (Å²) in [7, 11) is 0. The van der Waals surface area contributed by atoms with Crippen LogP contribution in [0.3, 0.4) is 0 Å². The number of benzene rings is 11. The maximum atomic E-state index is 8.04. The summed E-state index contributed by atoms with van der Waals surface area (Å²) in [6, 6.07) is 75.7. The van der Waals surface area contributed by atoms with Gasteiger partial charge in [0.15, 0.2) is 0 Å². The van der Waals surface area contributed by atoms with Crippen molar-refractivity contribution in [3.8, 4) is 78.9 Å². The highest BCUT2D eigenvalue weighted by atomic mass is 16.5. The van der Waals surface area contributed by atoms with Crippen LogP contribution in [-0.2, 0) is 0 Å². The molecule has 0 atom stereocenters. The second-order valence-electron chi connectivity index (χ2n) is 27.0. The van der Waals surface area contributed by atoms with Crippen molar-refractivity contribution < 1.29 is 9.47 Å². The molecule has 2 aromatic heterocycles. The second-order valence-corrected chi connectivity index (χ2v) is 27.0. The van der Waals surface area contributed by atoms with Gasteiger partial charge in [-0.15, -0.1) is 0 Å². The van der Waals surface area contributed by atoms with E-state index < -0.39 is 0 Å². The molecule has 0 bridgehead atoms. The fraction of sp³-hybridized carbons (Fsp3) is 0.195. The normalized spacial score (nSPS) is 15.5. The van der Waals surface area contributed by atoms with E-state index in [1.165, 1.54) is 218 Å². The van der Waals surface area contributed by atoms with Crippen LogP contribution in [0.4, 0.5) is 0 Å². The zero-order valence-electron chi connectivity index (χ0n) is 50.6. The van der Waals surface area contributed by atoms with E-state index in [9.17, 15) is 0 Å². The van der Waals surface area contributed by atoms with Gasteiger partial charge in [-0.3, -0.25) is 0 Å². The molecule has 88 heavy (non-hydrogen) atoms. The predicted molar refractivity (Wildman–Crippen MR) is 370 cm³/mol. The quantitative estimate of drug-likeness (QED) is 0.155. The highest BCUT2D eigenvalue weighted by Crippen LogP contribution is 2.51. The van der Waals surface area contributed by atoms with E-state index in [2.05, 4.69) is 231 Å². The summed E-state index contributed by atoms with van der Waals surface area (Å²) in [5.74, 6) is 4.80. The largest absolute Gasteiger partial charge is 0.456 e. The van der Waals surface area contributed by atoms with Crippen LogP contribution < -0.4 is 42.3 Å². The van der Waals surface area contributed by atoms with Crippen LogP contribution in [0.1, 0.15) is 109 Å². The lowest BCUT2D eigenvalue weighted by Crippen LogP contribution is -2.63. The molecule has 13 aromatic rings. The highest BCUT2D eigenvalue weighted by Gasteiger charge is 2.51. The van der Waals surface area contributed by atoms with Gasteiger partial charge in [0.2, 0.25) is 0 Å². The van der Waals surface area contributed by atoms with Crippen LogP contribution in [0.25, 0.3) is 99.5 Å². The minimum absolute atomic E-state index is 0.173. The van der Waals surface area contributed by atoms with Crippen molar-refractivity contribution in [3.05, 3.63) is 228 Å². The number of aromatic nitrogens is 2. The Morgan fingerprint density at radius 1 is 0.318 bits per heavy atom. The fourth-order valence-corrected chi connectivity index (χ4v) is 17.2.